The van der Waals surface area contributed by atoms with Gasteiger partial charge in [0.1, 0.15) is 6.04 Å². The van der Waals surface area contributed by atoms with Crippen LogP contribution in [0, 0.1) is 0 Å². The van der Waals surface area contributed by atoms with E-state index in [0.717, 1.165) is 39.8 Å². The molecule has 1 amide bonds. The average Bonchev–Trinajstić information content (AvgIpc) is 3.08. The topological polar surface area (TPSA) is 69.0 Å². The molecule has 0 N–H and O–H groups in total. The number of hydrogen-bond acceptors (Lipinski definition) is 5. The normalized spacial score (nSPS) is 19.0. The fourth-order valence-corrected chi connectivity index (χ4v) is 3.99. The lowest BCUT2D eigenvalue weighted by atomic mass is 9.87. The first kappa shape index (κ1) is 17.8. The van der Waals surface area contributed by atoms with Gasteiger partial charge in [0.05, 0.1) is 24.4 Å². The number of carbonyl (C=O) groups excluding carboxylic acids is 1. The van der Waals surface area contributed by atoms with Gasteiger partial charge in [-0.05, 0) is 52.5 Å². The Morgan fingerprint density at radius 2 is 1.96 bits per heavy atom. The summed E-state index contributed by atoms with van der Waals surface area (Å²) in [5, 5.41) is 4.68. The molecule has 1 aromatic carbocycles. The number of halogens is 1. The van der Waals surface area contributed by atoms with Gasteiger partial charge in [0.25, 0.3) is 0 Å². The van der Waals surface area contributed by atoms with E-state index in [1.807, 2.05) is 31.3 Å². The van der Waals surface area contributed by atoms with E-state index >= 15 is 0 Å². The Morgan fingerprint density at radius 1 is 1.22 bits per heavy atom. The van der Waals surface area contributed by atoms with Crippen molar-refractivity contribution >= 4 is 28.0 Å². The third-order valence-corrected chi connectivity index (χ3v) is 5.37. The van der Waals surface area contributed by atoms with Crippen molar-refractivity contribution in [2.45, 2.75) is 25.4 Å². The second kappa shape index (κ2) is 6.84. The number of nitrogens with zero attached hydrogens (tertiary/aromatic N) is 4. The summed E-state index contributed by atoms with van der Waals surface area (Å²) in [5.74, 6) is 1.31. The minimum absolute atomic E-state index is 0.0302. The van der Waals surface area contributed by atoms with E-state index in [1.54, 1.807) is 29.8 Å². The molecule has 7 nitrogen and oxygen atoms in total. The molecular weight excluding hydrogens is 412 g/mol. The van der Waals surface area contributed by atoms with Crippen molar-refractivity contribution in [3.63, 3.8) is 0 Å². The molecule has 1 aliphatic rings. The summed E-state index contributed by atoms with van der Waals surface area (Å²) in [7, 11) is 3.23. The van der Waals surface area contributed by atoms with Gasteiger partial charge in [0, 0.05) is 24.5 Å². The SMILES string of the molecule is COc1cc2c(cc1OC)C(c1cc3ncc(Br)cn3n1)N(C=O)C(C)C2. The van der Waals surface area contributed by atoms with Gasteiger partial charge in [-0.25, -0.2) is 9.50 Å². The summed E-state index contributed by atoms with van der Waals surface area (Å²) in [6, 6.07) is 5.55. The second-order valence-electron chi connectivity index (χ2n) is 6.56. The molecule has 4 rings (SSSR count). The highest BCUT2D eigenvalue weighted by atomic mass is 79.9. The van der Waals surface area contributed by atoms with Gasteiger partial charge in [0.2, 0.25) is 6.41 Å². The smallest absolute Gasteiger partial charge is 0.210 e. The number of fused-ring (bicyclic) bond motifs is 2. The lowest BCUT2D eigenvalue weighted by molar-refractivity contribution is -0.122. The monoisotopic (exact) mass is 430 g/mol. The van der Waals surface area contributed by atoms with Crippen LogP contribution in [0.3, 0.4) is 0 Å². The summed E-state index contributed by atoms with van der Waals surface area (Å²) < 4.78 is 13.5. The zero-order valence-corrected chi connectivity index (χ0v) is 16.8. The maximum Gasteiger partial charge on any atom is 0.210 e. The molecular formula is C19H19BrN4O3. The first-order chi connectivity index (χ1) is 13.0. The highest BCUT2D eigenvalue weighted by Crippen LogP contribution is 2.41. The first-order valence-corrected chi connectivity index (χ1v) is 9.33. The number of hydrogen-bond donors (Lipinski definition) is 0. The van der Waals surface area contributed by atoms with Crippen molar-refractivity contribution in [2.75, 3.05) is 14.2 Å². The van der Waals surface area contributed by atoms with Crippen molar-refractivity contribution in [3.8, 4) is 11.5 Å². The molecule has 0 spiro atoms. The first-order valence-electron chi connectivity index (χ1n) is 8.54. The fourth-order valence-electron chi connectivity index (χ4n) is 3.69. The fraction of sp³-hybridized carbons (Fsp3) is 0.316. The van der Waals surface area contributed by atoms with Crippen LogP contribution < -0.4 is 9.47 Å². The number of ether oxygens (including phenoxy) is 2. The van der Waals surface area contributed by atoms with E-state index in [-0.39, 0.29) is 12.1 Å². The number of methoxy groups -OCH3 is 2. The molecule has 3 heterocycles. The van der Waals surface area contributed by atoms with Crippen LogP contribution in [0.15, 0.2) is 35.1 Å². The van der Waals surface area contributed by atoms with Crippen molar-refractivity contribution < 1.29 is 14.3 Å². The number of aromatic nitrogens is 3. The average molecular weight is 431 g/mol. The molecule has 2 atom stereocenters. The number of amides is 1. The van der Waals surface area contributed by atoms with Gasteiger partial charge in [0.15, 0.2) is 17.1 Å². The Morgan fingerprint density at radius 3 is 2.67 bits per heavy atom. The third-order valence-electron chi connectivity index (χ3n) is 4.96. The van der Waals surface area contributed by atoms with Gasteiger partial charge in [-0.3, -0.25) is 4.79 Å². The van der Waals surface area contributed by atoms with E-state index in [0.29, 0.717) is 11.5 Å². The van der Waals surface area contributed by atoms with Crippen molar-refractivity contribution in [1.29, 1.82) is 0 Å². The Labute approximate surface area is 165 Å². The molecule has 0 fully saturated rings. The summed E-state index contributed by atoms with van der Waals surface area (Å²) >= 11 is 3.41. The summed E-state index contributed by atoms with van der Waals surface area (Å²) in [6.45, 7) is 2.03. The zero-order valence-electron chi connectivity index (χ0n) is 15.2. The van der Waals surface area contributed by atoms with Crippen LogP contribution in [-0.4, -0.2) is 46.2 Å². The minimum atomic E-state index is -0.318. The zero-order chi connectivity index (χ0) is 19.1. The lowest BCUT2D eigenvalue weighted by Gasteiger charge is -2.39. The second-order valence-corrected chi connectivity index (χ2v) is 7.47. The van der Waals surface area contributed by atoms with Crippen LogP contribution in [-0.2, 0) is 11.2 Å². The van der Waals surface area contributed by atoms with Gasteiger partial charge in [-0.1, -0.05) is 0 Å². The van der Waals surface area contributed by atoms with E-state index in [1.165, 1.54) is 0 Å². The predicted octanol–water partition coefficient (Wildman–Crippen LogP) is 3.00. The Balaban J connectivity index is 1.92. The Kier molecular flexibility index (Phi) is 4.51. The molecule has 27 heavy (non-hydrogen) atoms. The van der Waals surface area contributed by atoms with Crippen molar-refractivity contribution in [2.24, 2.45) is 0 Å². The summed E-state index contributed by atoms with van der Waals surface area (Å²) in [5.41, 5.74) is 3.58. The molecule has 0 saturated heterocycles. The molecule has 1 aliphatic heterocycles. The number of benzene rings is 1. The molecule has 2 unspecified atom stereocenters. The third kappa shape index (κ3) is 2.93. The van der Waals surface area contributed by atoms with Gasteiger partial charge in [-0.15, -0.1) is 0 Å². The van der Waals surface area contributed by atoms with Crippen molar-refractivity contribution in [1.82, 2.24) is 19.5 Å². The summed E-state index contributed by atoms with van der Waals surface area (Å²) in [6.07, 6.45) is 5.20. The number of carbonyl (C=O) groups is 1. The minimum Gasteiger partial charge on any atom is -0.493 e. The molecule has 3 aromatic rings. The standard InChI is InChI=1S/C19H19BrN4O3/c1-11-4-12-5-16(26-2)17(27-3)6-14(12)19(23(11)10-25)15-7-18-21-8-13(20)9-24(18)22-15/h5-11,19H,4H2,1-3H3. The molecule has 0 radical (unpaired) electrons. The van der Waals surface area contributed by atoms with Crippen LogP contribution in [0.5, 0.6) is 11.5 Å². The van der Waals surface area contributed by atoms with Gasteiger partial charge in [-0.2, -0.15) is 5.10 Å². The van der Waals surface area contributed by atoms with Crippen LogP contribution in [0.4, 0.5) is 0 Å². The van der Waals surface area contributed by atoms with E-state index < -0.39 is 0 Å². The van der Waals surface area contributed by atoms with Crippen LogP contribution in [0.1, 0.15) is 29.8 Å². The largest absolute Gasteiger partial charge is 0.493 e. The van der Waals surface area contributed by atoms with E-state index in [9.17, 15) is 4.79 Å². The summed E-state index contributed by atoms with van der Waals surface area (Å²) in [4.78, 5) is 18.1. The maximum atomic E-state index is 11.9. The Bertz CT molecular complexity index is 1020. The van der Waals surface area contributed by atoms with Crippen LogP contribution >= 0.6 is 15.9 Å². The quantitative estimate of drug-likeness (QED) is 0.595. The Hall–Kier alpha value is -2.61. The van der Waals surface area contributed by atoms with Crippen LogP contribution in [0.2, 0.25) is 0 Å². The van der Waals surface area contributed by atoms with E-state index in [2.05, 4.69) is 26.0 Å². The lowest BCUT2D eigenvalue weighted by Crippen LogP contribution is -2.41. The molecule has 0 aliphatic carbocycles. The van der Waals surface area contributed by atoms with Crippen LogP contribution in [0.25, 0.3) is 5.65 Å². The molecule has 140 valence electrons. The van der Waals surface area contributed by atoms with Gasteiger partial charge < -0.3 is 14.4 Å². The molecule has 0 saturated carbocycles. The van der Waals surface area contributed by atoms with E-state index in [4.69, 9.17) is 9.47 Å². The molecule has 0 bridgehead atoms. The highest BCUT2D eigenvalue weighted by molar-refractivity contribution is 9.10. The molecule has 2 aromatic heterocycles. The predicted molar refractivity (Wildman–Crippen MR) is 103 cm³/mol. The number of rotatable bonds is 4. The molecule has 8 heteroatoms. The van der Waals surface area contributed by atoms with Crippen molar-refractivity contribution in [3.05, 3.63) is 51.9 Å². The van der Waals surface area contributed by atoms with Gasteiger partial charge >= 0.3 is 0 Å². The maximum absolute atomic E-state index is 11.9. The highest BCUT2D eigenvalue weighted by Gasteiger charge is 2.35.